The van der Waals surface area contributed by atoms with E-state index in [1.165, 1.54) is 6.07 Å². The highest BCUT2D eigenvalue weighted by atomic mass is 16.4. The highest BCUT2D eigenvalue weighted by Crippen LogP contribution is 2.33. The van der Waals surface area contributed by atoms with E-state index >= 15 is 0 Å². The number of aromatic carboxylic acids is 1. The first-order valence-corrected chi connectivity index (χ1v) is 5.33. The Bertz CT molecular complexity index is 597. The molecule has 0 saturated heterocycles. The van der Waals surface area contributed by atoms with Crippen molar-refractivity contribution >= 4 is 17.3 Å². The Morgan fingerprint density at radius 2 is 1.72 bits per heavy atom. The smallest absolute Gasteiger partial charge is 0.337 e. The third kappa shape index (κ3) is 1.99. The number of hydrazine groups is 1. The number of hydrogen-bond donors (Lipinski definition) is 4. The maximum absolute atomic E-state index is 11.1. The third-order valence-electron chi connectivity index (χ3n) is 2.69. The van der Waals surface area contributed by atoms with Crippen LogP contribution in [-0.4, -0.2) is 11.1 Å². The quantitative estimate of drug-likeness (QED) is 0.375. The highest BCUT2D eigenvalue weighted by molar-refractivity contribution is 6.00. The second-order valence-corrected chi connectivity index (χ2v) is 3.76. The lowest BCUT2D eigenvalue weighted by Crippen LogP contribution is -2.13. The standard InChI is InChI=1S/C13H13N3O2/c14-11-7-2-1-4-8(11)9-5-3-6-10(13(17)18)12(9)16-15/h1-7,16H,14-15H2,(H,17,18). The lowest BCUT2D eigenvalue weighted by atomic mass is 9.99. The fraction of sp³-hybridized carbons (Fsp3) is 0. The summed E-state index contributed by atoms with van der Waals surface area (Å²) in [6, 6.07) is 12.1. The number of carbonyl (C=O) groups is 1. The van der Waals surface area contributed by atoms with Gasteiger partial charge in [-0.05, 0) is 12.1 Å². The number of rotatable bonds is 3. The van der Waals surface area contributed by atoms with E-state index in [-0.39, 0.29) is 5.56 Å². The number of nitrogens with two attached hydrogens (primary N) is 2. The molecule has 0 radical (unpaired) electrons. The molecule has 0 unspecified atom stereocenters. The number of nitrogens with one attached hydrogen (secondary N) is 1. The molecule has 2 aromatic rings. The second-order valence-electron chi connectivity index (χ2n) is 3.76. The Kier molecular flexibility index (Phi) is 3.16. The molecule has 0 amide bonds. The number of para-hydroxylation sites is 2. The molecule has 0 aliphatic rings. The van der Waals surface area contributed by atoms with Gasteiger partial charge in [-0.2, -0.15) is 0 Å². The first kappa shape index (κ1) is 11.9. The fourth-order valence-electron chi connectivity index (χ4n) is 1.85. The molecule has 2 aromatic carbocycles. The predicted molar refractivity (Wildman–Crippen MR) is 71.1 cm³/mol. The van der Waals surface area contributed by atoms with Crippen LogP contribution in [0.4, 0.5) is 11.4 Å². The van der Waals surface area contributed by atoms with Crippen LogP contribution in [0, 0.1) is 0 Å². The fourth-order valence-corrected chi connectivity index (χ4v) is 1.85. The van der Waals surface area contributed by atoms with Gasteiger partial charge in [-0.25, -0.2) is 4.79 Å². The molecule has 0 atom stereocenters. The molecule has 0 saturated carbocycles. The van der Waals surface area contributed by atoms with Crippen molar-refractivity contribution < 1.29 is 9.90 Å². The van der Waals surface area contributed by atoms with Gasteiger partial charge in [-0.3, -0.25) is 5.84 Å². The van der Waals surface area contributed by atoms with E-state index in [9.17, 15) is 4.79 Å². The molecule has 92 valence electrons. The van der Waals surface area contributed by atoms with Crippen LogP contribution in [-0.2, 0) is 0 Å². The molecular formula is C13H13N3O2. The lowest BCUT2D eigenvalue weighted by molar-refractivity contribution is 0.0698. The monoisotopic (exact) mass is 243 g/mol. The minimum absolute atomic E-state index is 0.109. The van der Waals surface area contributed by atoms with Crippen molar-refractivity contribution in [3.05, 3.63) is 48.0 Å². The van der Waals surface area contributed by atoms with E-state index < -0.39 is 5.97 Å². The van der Waals surface area contributed by atoms with Gasteiger partial charge in [0, 0.05) is 16.8 Å². The summed E-state index contributed by atoms with van der Waals surface area (Å²) in [5, 5.41) is 9.11. The van der Waals surface area contributed by atoms with E-state index in [0.29, 0.717) is 16.9 Å². The molecule has 0 bridgehead atoms. The van der Waals surface area contributed by atoms with Gasteiger partial charge in [0.05, 0.1) is 11.3 Å². The van der Waals surface area contributed by atoms with Crippen LogP contribution in [0.3, 0.4) is 0 Å². The van der Waals surface area contributed by atoms with Gasteiger partial charge >= 0.3 is 5.97 Å². The Balaban J connectivity index is 2.69. The van der Waals surface area contributed by atoms with Gasteiger partial charge < -0.3 is 16.3 Å². The van der Waals surface area contributed by atoms with Crippen LogP contribution >= 0.6 is 0 Å². The largest absolute Gasteiger partial charge is 0.478 e. The molecule has 2 rings (SSSR count). The van der Waals surface area contributed by atoms with Crippen molar-refractivity contribution in [1.82, 2.24) is 0 Å². The summed E-state index contributed by atoms with van der Waals surface area (Å²) in [6.45, 7) is 0. The van der Waals surface area contributed by atoms with Crippen molar-refractivity contribution in [3.63, 3.8) is 0 Å². The molecule has 0 aliphatic carbocycles. The van der Waals surface area contributed by atoms with Crippen molar-refractivity contribution in [2.24, 2.45) is 5.84 Å². The Hall–Kier alpha value is -2.53. The highest BCUT2D eigenvalue weighted by Gasteiger charge is 2.15. The zero-order chi connectivity index (χ0) is 13.1. The Morgan fingerprint density at radius 3 is 2.33 bits per heavy atom. The van der Waals surface area contributed by atoms with Crippen LogP contribution in [0.1, 0.15) is 10.4 Å². The number of carboxylic acid groups (broad SMARTS) is 1. The molecule has 0 aromatic heterocycles. The SMILES string of the molecule is NNc1c(C(=O)O)cccc1-c1ccccc1N. The first-order valence-electron chi connectivity index (χ1n) is 5.33. The van der Waals surface area contributed by atoms with Crippen LogP contribution in [0.15, 0.2) is 42.5 Å². The van der Waals surface area contributed by atoms with Gasteiger partial charge in [-0.15, -0.1) is 0 Å². The number of carboxylic acids is 1. The van der Waals surface area contributed by atoms with Crippen LogP contribution < -0.4 is 17.0 Å². The summed E-state index contributed by atoms with van der Waals surface area (Å²) >= 11 is 0. The summed E-state index contributed by atoms with van der Waals surface area (Å²) < 4.78 is 0. The van der Waals surface area contributed by atoms with E-state index in [2.05, 4.69) is 5.43 Å². The third-order valence-corrected chi connectivity index (χ3v) is 2.69. The number of benzene rings is 2. The maximum Gasteiger partial charge on any atom is 0.337 e. The second kappa shape index (κ2) is 4.77. The molecule has 6 N–H and O–H groups in total. The normalized spacial score (nSPS) is 10.1. The topological polar surface area (TPSA) is 101 Å². The van der Waals surface area contributed by atoms with Crippen LogP contribution in [0.5, 0.6) is 0 Å². The predicted octanol–water partition coefficient (Wildman–Crippen LogP) is 1.92. The summed E-state index contributed by atoms with van der Waals surface area (Å²) in [5.74, 6) is 4.38. The molecule has 18 heavy (non-hydrogen) atoms. The van der Waals surface area contributed by atoms with Gasteiger partial charge in [0.15, 0.2) is 0 Å². The molecule has 0 aliphatic heterocycles. The van der Waals surface area contributed by atoms with Crippen LogP contribution in [0.2, 0.25) is 0 Å². The van der Waals surface area contributed by atoms with E-state index in [0.717, 1.165) is 5.56 Å². The average molecular weight is 243 g/mol. The lowest BCUT2D eigenvalue weighted by Gasteiger charge is -2.13. The van der Waals surface area contributed by atoms with Gasteiger partial charge in [0.2, 0.25) is 0 Å². The summed E-state index contributed by atoms with van der Waals surface area (Å²) in [5.41, 5.74) is 10.8. The molecular weight excluding hydrogens is 230 g/mol. The minimum atomic E-state index is -1.04. The van der Waals surface area contributed by atoms with Crippen molar-refractivity contribution in [2.45, 2.75) is 0 Å². The average Bonchev–Trinajstić information content (AvgIpc) is 2.38. The van der Waals surface area contributed by atoms with Crippen molar-refractivity contribution in [1.29, 1.82) is 0 Å². The Morgan fingerprint density at radius 1 is 1.06 bits per heavy atom. The van der Waals surface area contributed by atoms with E-state index in [1.54, 1.807) is 18.2 Å². The molecule has 0 spiro atoms. The zero-order valence-corrected chi connectivity index (χ0v) is 9.55. The summed E-state index contributed by atoms with van der Waals surface area (Å²) in [6.07, 6.45) is 0. The first-order chi connectivity index (χ1) is 8.65. The maximum atomic E-state index is 11.1. The molecule has 0 fully saturated rings. The number of anilines is 2. The van der Waals surface area contributed by atoms with Gasteiger partial charge in [0.25, 0.3) is 0 Å². The summed E-state index contributed by atoms with van der Waals surface area (Å²) in [7, 11) is 0. The van der Waals surface area contributed by atoms with E-state index in [4.69, 9.17) is 16.7 Å². The van der Waals surface area contributed by atoms with Crippen LogP contribution in [0.25, 0.3) is 11.1 Å². The van der Waals surface area contributed by atoms with Crippen molar-refractivity contribution in [2.75, 3.05) is 11.2 Å². The van der Waals surface area contributed by atoms with E-state index in [1.807, 2.05) is 18.2 Å². The Labute approximate surface area is 104 Å². The number of hydrogen-bond acceptors (Lipinski definition) is 4. The van der Waals surface area contributed by atoms with Gasteiger partial charge in [0.1, 0.15) is 0 Å². The van der Waals surface area contributed by atoms with Gasteiger partial charge in [-0.1, -0.05) is 30.3 Å². The molecule has 5 heteroatoms. The number of nitrogen functional groups attached to an aromatic ring is 2. The minimum Gasteiger partial charge on any atom is -0.478 e. The molecule has 0 heterocycles. The molecule has 5 nitrogen and oxygen atoms in total. The van der Waals surface area contributed by atoms with Crippen molar-refractivity contribution in [3.8, 4) is 11.1 Å². The summed E-state index contributed by atoms with van der Waals surface area (Å²) in [4.78, 5) is 11.1. The zero-order valence-electron chi connectivity index (χ0n) is 9.55.